The molecular formula is C25H22N4O4. The minimum absolute atomic E-state index is 0.00929. The van der Waals surface area contributed by atoms with Gasteiger partial charge in [0.2, 0.25) is 0 Å². The van der Waals surface area contributed by atoms with E-state index in [-0.39, 0.29) is 12.4 Å². The van der Waals surface area contributed by atoms with Crippen molar-refractivity contribution in [2.24, 2.45) is 0 Å². The van der Waals surface area contributed by atoms with Crippen LogP contribution in [0, 0.1) is 6.92 Å². The molecule has 0 unspecified atom stereocenters. The van der Waals surface area contributed by atoms with Crippen molar-refractivity contribution in [2.45, 2.75) is 19.0 Å². The summed E-state index contributed by atoms with van der Waals surface area (Å²) in [6, 6.07) is 16.0. The Hall–Kier alpha value is -4.33. The monoisotopic (exact) mass is 442 g/mol. The highest BCUT2D eigenvalue weighted by Gasteiger charge is 2.48. The van der Waals surface area contributed by atoms with Crippen LogP contribution in [0.2, 0.25) is 0 Å². The smallest absolute Gasteiger partial charge is 0.322 e. The first-order valence-corrected chi connectivity index (χ1v) is 10.4. The molecule has 166 valence electrons. The van der Waals surface area contributed by atoms with Crippen molar-refractivity contribution < 1.29 is 19.4 Å². The maximum Gasteiger partial charge on any atom is 0.322 e. The van der Waals surface area contributed by atoms with Crippen LogP contribution in [-0.2, 0) is 16.9 Å². The van der Waals surface area contributed by atoms with E-state index in [2.05, 4.69) is 15.6 Å². The van der Waals surface area contributed by atoms with Crippen molar-refractivity contribution in [1.82, 2.24) is 20.2 Å². The number of amides is 3. The number of hydrogen-bond acceptors (Lipinski definition) is 5. The normalized spacial score (nSPS) is 17.8. The fraction of sp³-hybridized carbons (Fsp3) is 0.160. The minimum Gasteiger partial charge on any atom is -0.497 e. The standard InChI is InChI=1S/C25H22N4O4/c1-15-4-3-11-26-21(15)16-5-8-18(9-6-16)25(23(31)27-24(32)28-25)14-29-13-17-7-10-19(33-2)12-20(17)22(29)30/h3-13,30H,14H2,1-2H3,(H2,27,28,31,32)/t25-/m1/s1. The molecule has 1 aliphatic heterocycles. The first kappa shape index (κ1) is 20.6. The van der Waals surface area contributed by atoms with Gasteiger partial charge in [-0.25, -0.2) is 4.79 Å². The number of carbonyl (C=O) groups is 2. The topological polar surface area (TPSA) is 105 Å². The van der Waals surface area contributed by atoms with Gasteiger partial charge in [0.1, 0.15) is 5.75 Å². The maximum absolute atomic E-state index is 13.0. The lowest BCUT2D eigenvalue weighted by Crippen LogP contribution is -2.47. The van der Waals surface area contributed by atoms with Crippen molar-refractivity contribution in [2.75, 3.05) is 7.11 Å². The number of nitrogens with zero attached hydrogens (tertiary/aromatic N) is 2. The minimum atomic E-state index is -1.38. The quantitative estimate of drug-likeness (QED) is 0.411. The molecule has 4 aromatic rings. The van der Waals surface area contributed by atoms with Crippen LogP contribution >= 0.6 is 0 Å². The number of ether oxygens (including phenoxy) is 1. The van der Waals surface area contributed by atoms with Crippen molar-refractivity contribution in [3.8, 4) is 22.9 Å². The molecule has 0 radical (unpaired) electrons. The third kappa shape index (κ3) is 3.36. The molecule has 8 heteroatoms. The Morgan fingerprint density at radius 1 is 1.12 bits per heavy atom. The van der Waals surface area contributed by atoms with E-state index >= 15 is 0 Å². The fourth-order valence-corrected chi connectivity index (χ4v) is 4.33. The van der Waals surface area contributed by atoms with E-state index in [1.54, 1.807) is 48.3 Å². The molecular weight excluding hydrogens is 420 g/mol. The Morgan fingerprint density at radius 3 is 2.58 bits per heavy atom. The molecule has 1 saturated heterocycles. The number of aromatic nitrogens is 2. The van der Waals surface area contributed by atoms with E-state index in [1.165, 1.54) is 0 Å². The van der Waals surface area contributed by atoms with Gasteiger partial charge in [-0.1, -0.05) is 30.3 Å². The number of methoxy groups -OCH3 is 1. The second-order valence-corrected chi connectivity index (χ2v) is 8.09. The lowest BCUT2D eigenvalue weighted by Gasteiger charge is -2.27. The molecule has 8 nitrogen and oxygen atoms in total. The number of carbonyl (C=O) groups excluding carboxylic acids is 2. The zero-order valence-electron chi connectivity index (χ0n) is 18.1. The first-order valence-electron chi connectivity index (χ1n) is 10.4. The zero-order chi connectivity index (χ0) is 23.2. The van der Waals surface area contributed by atoms with Crippen LogP contribution in [0.4, 0.5) is 4.79 Å². The van der Waals surface area contributed by atoms with Crippen molar-refractivity contribution in [3.05, 3.63) is 78.1 Å². The van der Waals surface area contributed by atoms with E-state index < -0.39 is 17.5 Å². The van der Waals surface area contributed by atoms with E-state index in [4.69, 9.17) is 4.74 Å². The third-order valence-electron chi connectivity index (χ3n) is 6.08. The van der Waals surface area contributed by atoms with Gasteiger partial charge < -0.3 is 19.7 Å². The third-order valence-corrected chi connectivity index (χ3v) is 6.08. The summed E-state index contributed by atoms with van der Waals surface area (Å²) in [6.45, 7) is 1.99. The van der Waals surface area contributed by atoms with Crippen LogP contribution in [0.1, 0.15) is 11.1 Å². The van der Waals surface area contributed by atoms with Crippen LogP contribution < -0.4 is 15.4 Å². The summed E-state index contributed by atoms with van der Waals surface area (Å²) >= 11 is 0. The van der Waals surface area contributed by atoms with Crippen molar-refractivity contribution in [3.63, 3.8) is 0 Å². The number of nitrogens with one attached hydrogen (secondary N) is 2. The van der Waals surface area contributed by atoms with Gasteiger partial charge in [-0.05, 0) is 42.3 Å². The van der Waals surface area contributed by atoms with Gasteiger partial charge in [-0.15, -0.1) is 0 Å². The Morgan fingerprint density at radius 2 is 1.91 bits per heavy atom. The molecule has 0 spiro atoms. The van der Waals surface area contributed by atoms with Gasteiger partial charge in [0, 0.05) is 28.7 Å². The summed E-state index contributed by atoms with van der Waals surface area (Å²) in [5.41, 5.74) is 1.99. The lowest BCUT2D eigenvalue weighted by molar-refractivity contribution is -0.124. The molecule has 0 bridgehead atoms. The summed E-state index contributed by atoms with van der Waals surface area (Å²) in [5, 5.41) is 17.4. The highest BCUT2D eigenvalue weighted by molar-refractivity contribution is 6.07. The average Bonchev–Trinajstić information content (AvgIpc) is 3.29. The van der Waals surface area contributed by atoms with E-state index in [0.29, 0.717) is 16.7 Å². The summed E-state index contributed by atoms with van der Waals surface area (Å²) < 4.78 is 6.81. The number of pyridine rings is 1. The predicted octanol–water partition coefficient (Wildman–Crippen LogP) is 3.46. The molecule has 2 aromatic heterocycles. The molecule has 3 N–H and O–H groups in total. The molecule has 3 heterocycles. The highest BCUT2D eigenvalue weighted by atomic mass is 16.5. The number of imide groups is 1. The molecule has 0 saturated carbocycles. The van der Waals surface area contributed by atoms with Gasteiger partial charge in [-0.2, -0.15) is 0 Å². The number of aryl methyl sites for hydroxylation is 1. The number of urea groups is 1. The zero-order valence-corrected chi connectivity index (χ0v) is 18.1. The summed E-state index contributed by atoms with van der Waals surface area (Å²) in [7, 11) is 1.55. The number of fused-ring (bicyclic) bond motifs is 1. The Balaban J connectivity index is 1.57. The second-order valence-electron chi connectivity index (χ2n) is 8.09. The number of aromatic hydroxyl groups is 1. The summed E-state index contributed by atoms with van der Waals surface area (Å²) in [5.74, 6) is 0.111. The van der Waals surface area contributed by atoms with Crippen LogP contribution in [0.25, 0.3) is 22.0 Å². The lowest BCUT2D eigenvalue weighted by atomic mass is 9.88. The molecule has 33 heavy (non-hydrogen) atoms. The SMILES string of the molecule is COc1ccc2cn(C[C@]3(c4ccc(-c5ncccc5C)cc4)NC(=O)NC3=O)c(O)c2c1. The first-order chi connectivity index (χ1) is 15.9. The molecule has 1 atom stereocenters. The van der Waals surface area contributed by atoms with Crippen molar-refractivity contribution >= 4 is 22.7 Å². The Kier molecular flexibility index (Phi) is 4.78. The van der Waals surface area contributed by atoms with E-state index in [9.17, 15) is 14.7 Å². The highest BCUT2D eigenvalue weighted by Crippen LogP contribution is 2.35. The van der Waals surface area contributed by atoms with Gasteiger partial charge in [0.15, 0.2) is 11.4 Å². The molecule has 0 aliphatic carbocycles. The van der Waals surface area contributed by atoms with Crippen LogP contribution in [0.15, 0.2) is 67.0 Å². The molecule has 2 aromatic carbocycles. The van der Waals surface area contributed by atoms with Gasteiger partial charge in [-0.3, -0.25) is 15.1 Å². The molecule has 1 fully saturated rings. The maximum atomic E-state index is 13.0. The van der Waals surface area contributed by atoms with E-state index in [1.807, 2.05) is 37.3 Å². The average molecular weight is 442 g/mol. The molecule has 1 aliphatic rings. The number of rotatable bonds is 5. The van der Waals surface area contributed by atoms with Gasteiger partial charge >= 0.3 is 6.03 Å². The van der Waals surface area contributed by atoms with Crippen LogP contribution in [-0.4, -0.2) is 33.7 Å². The fourth-order valence-electron chi connectivity index (χ4n) is 4.33. The van der Waals surface area contributed by atoms with Crippen molar-refractivity contribution in [1.29, 1.82) is 0 Å². The summed E-state index contributed by atoms with van der Waals surface area (Å²) in [4.78, 5) is 29.6. The Bertz CT molecular complexity index is 1390. The second kappa shape index (κ2) is 7.67. The van der Waals surface area contributed by atoms with Crippen LogP contribution in [0.3, 0.4) is 0 Å². The van der Waals surface area contributed by atoms with Crippen LogP contribution in [0.5, 0.6) is 11.6 Å². The summed E-state index contributed by atoms with van der Waals surface area (Å²) in [6.07, 6.45) is 3.48. The van der Waals surface area contributed by atoms with Gasteiger partial charge in [0.25, 0.3) is 5.91 Å². The number of benzene rings is 2. The predicted molar refractivity (Wildman–Crippen MR) is 123 cm³/mol. The Labute approximate surface area is 189 Å². The molecule has 5 rings (SSSR count). The van der Waals surface area contributed by atoms with Gasteiger partial charge in [0.05, 0.1) is 19.3 Å². The largest absolute Gasteiger partial charge is 0.497 e. The van der Waals surface area contributed by atoms with E-state index in [0.717, 1.165) is 22.2 Å². The number of hydrogen-bond donors (Lipinski definition) is 3. The molecule has 3 amide bonds.